The number of nitrogens with zero attached hydrogens (tertiary/aromatic N) is 1. The SMILES string of the molecule is CCC1(C)CN(C(=O)NC(CC2CCOC2)c2ccccc2)CCO1. The zero-order valence-electron chi connectivity index (χ0n) is 15.4. The summed E-state index contributed by atoms with van der Waals surface area (Å²) in [6.45, 7) is 7.71. The topological polar surface area (TPSA) is 50.8 Å². The molecule has 5 heteroatoms. The van der Waals surface area contributed by atoms with Crippen LogP contribution in [-0.4, -0.2) is 49.4 Å². The van der Waals surface area contributed by atoms with Gasteiger partial charge in [-0.3, -0.25) is 0 Å². The van der Waals surface area contributed by atoms with Gasteiger partial charge in [0.1, 0.15) is 0 Å². The smallest absolute Gasteiger partial charge is 0.318 e. The van der Waals surface area contributed by atoms with Crippen LogP contribution >= 0.6 is 0 Å². The highest BCUT2D eigenvalue weighted by Gasteiger charge is 2.33. The normalized spacial score (nSPS) is 27.9. The van der Waals surface area contributed by atoms with Gasteiger partial charge in [-0.15, -0.1) is 0 Å². The monoisotopic (exact) mass is 346 g/mol. The number of rotatable bonds is 5. The van der Waals surface area contributed by atoms with E-state index in [0.717, 1.165) is 38.0 Å². The Morgan fingerprint density at radius 1 is 1.36 bits per heavy atom. The van der Waals surface area contributed by atoms with Gasteiger partial charge in [0.2, 0.25) is 0 Å². The molecule has 3 unspecified atom stereocenters. The number of morpholine rings is 1. The third-order valence-electron chi connectivity index (χ3n) is 5.46. The number of benzene rings is 1. The van der Waals surface area contributed by atoms with Crippen LogP contribution in [0.4, 0.5) is 4.79 Å². The molecule has 5 nitrogen and oxygen atoms in total. The second-order valence-electron chi connectivity index (χ2n) is 7.45. The number of carbonyl (C=O) groups is 1. The Labute approximate surface area is 150 Å². The van der Waals surface area contributed by atoms with Gasteiger partial charge in [-0.2, -0.15) is 0 Å². The van der Waals surface area contributed by atoms with Crippen molar-refractivity contribution in [3.63, 3.8) is 0 Å². The highest BCUT2D eigenvalue weighted by Crippen LogP contribution is 2.27. The van der Waals surface area contributed by atoms with Crippen LogP contribution in [0.3, 0.4) is 0 Å². The van der Waals surface area contributed by atoms with Gasteiger partial charge in [-0.1, -0.05) is 37.3 Å². The molecule has 2 aliphatic heterocycles. The van der Waals surface area contributed by atoms with Crippen molar-refractivity contribution in [2.45, 2.75) is 44.8 Å². The Hall–Kier alpha value is -1.59. The van der Waals surface area contributed by atoms with Crippen molar-refractivity contribution < 1.29 is 14.3 Å². The molecule has 2 amide bonds. The van der Waals surface area contributed by atoms with Crippen molar-refractivity contribution in [1.82, 2.24) is 10.2 Å². The van der Waals surface area contributed by atoms with Crippen LogP contribution in [0.15, 0.2) is 30.3 Å². The van der Waals surface area contributed by atoms with Gasteiger partial charge in [0.25, 0.3) is 0 Å². The molecule has 2 aliphatic rings. The highest BCUT2D eigenvalue weighted by molar-refractivity contribution is 5.75. The van der Waals surface area contributed by atoms with E-state index in [2.05, 4.69) is 31.3 Å². The van der Waals surface area contributed by atoms with E-state index < -0.39 is 0 Å². The Morgan fingerprint density at radius 2 is 2.16 bits per heavy atom. The Bertz CT molecular complexity index is 559. The zero-order chi connectivity index (χ0) is 17.7. The lowest BCUT2D eigenvalue weighted by molar-refractivity contribution is -0.0875. The minimum Gasteiger partial charge on any atom is -0.381 e. The molecule has 1 aromatic carbocycles. The molecule has 0 bridgehead atoms. The standard InChI is InChI=1S/C20H30N2O3/c1-3-20(2)15-22(10-12-25-20)19(23)21-18(13-16-9-11-24-14-16)17-7-5-4-6-8-17/h4-8,16,18H,3,9-15H2,1-2H3,(H,21,23). The summed E-state index contributed by atoms with van der Waals surface area (Å²) in [6.07, 6.45) is 2.90. The number of ether oxygens (including phenoxy) is 2. The van der Waals surface area contributed by atoms with Crippen molar-refractivity contribution in [1.29, 1.82) is 0 Å². The van der Waals surface area contributed by atoms with Crippen LogP contribution in [0, 0.1) is 5.92 Å². The number of nitrogens with one attached hydrogen (secondary N) is 1. The summed E-state index contributed by atoms with van der Waals surface area (Å²) in [5, 5.41) is 3.27. The fourth-order valence-corrected chi connectivity index (χ4v) is 3.62. The molecule has 0 aromatic heterocycles. The minimum atomic E-state index is -0.239. The zero-order valence-corrected chi connectivity index (χ0v) is 15.4. The molecule has 0 aliphatic carbocycles. The van der Waals surface area contributed by atoms with Crippen LogP contribution in [0.2, 0.25) is 0 Å². The average molecular weight is 346 g/mol. The number of hydrogen-bond acceptors (Lipinski definition) is 3. The lowest BCUT2D eigenvalue weighted by Crippen LogP contribution is -2.54. The molecule has 1 aromatic rings. The lowest BCUT2D eigenvalue weighted by Gasteiger charge is -2.40. The summed E-state index contributed by atoms with van der Waals surface area (Å²) in [5.74, 6) is 0.510. The molecule has 2 fully saturated rings. The maximum absolute atomic E-state index is 12.9. The molecule has 0 radical (unpaired) electrons. The van der Waals surface area contributed by atoms with Gasteiger partial charge < -0.3 is 19.7 Å². The molecule has 25 heavy (non-hydrogen) atoms. The number of amides is 2. The molecular weight excluding hydrogens is 316 g/mol. The van der Waals surface area contributed by atoms with Crippen LogP contribution in [0.25, 0.3) is 0 Å². The van der Waals surface area contributed by atoms with Crippen molar-refractivity contribution in [3.05, 3.63) is 35.9 Å². The van der Waals surface area contributed by atoms with E-state index >= 15 is 0 Å². The molecule has 2 saturated heterocycles. The maximum Gasteiger partial charge on any atom is 0.318 e. The van der Waals surface area contributed by atoms with Gasteiger partial charge in [-0.25, -0.2) is 4.79 Å². The van der Waals surface area contributed by atoms with E-state index in [9.17, 15) is 4.79 Å². The first-order valence-electron chi connectivity index (χ1n) is 9.42. The second-order valence-corrected chi connectivity index (χ2v) is 7.45. The van der Waals surface area contributed by atoms with E-state index in [1.165, 1.54) is 0 Å². The average Bonchev–Trinajstić information content (AvgIpc) is 3.15. The largest absolute Gasteiger partial charge is 0.381 e. The van der Waals surface area contributed by atoms with Gasteiger partial charge in [0, 0.05) is 19.8 Å². The van der Waals surface area contributed by atoms with Gasteiger partial charge in [-0.05, 0) is 37.7 Å². The fourth-order valence-electron chi connectivity index (χ4n) is 3.62. The summed E-state index contributed by atoms with van der Waals surface area (Å²) in [4.78, 5) is 14.8. The van der Waals surface area contributed by atoms with Gasteiger partial charge >= 0.3 is 6.03 Å². The number of urea groups is 1. The highest BCUT2D eigenvalue weighted by atomic mass is 16.5. The summed E-state index contributed by atoms with van der Waals surface area (Å²) >= 11 is 0. The van der Waals surface area contributed by atoms with Crippen molar-refractivity contribution in [2.75, 3.05) is 32.9 Å². The first-order chi connectivity index (χ1) is 12.1. The Kier molecular flexibility index (Phi) is 5.97. The molecule has 1 N–H and O–H groups in total. The molecule has 3 rings (SSSR count). The van der Waals surface area contributed by atoms with Crippen molar-refractivity contribution >= 4 is 6.03 Å². The van der Waals surface area contributed by atoms with E-state index in [4.69, 9.17) is 9.47 Å². The lowest BCUT2D eigenvalue weighted by atomic mass is 9.94. The summed E-state index contributed by atoms with van der Waals surface area (Å²) < 4.78 is 11.4. The third-order valence-corrected chi connectivity index (χ3v) is 5.46. The van der Waals surface area contributed by atoms with Crippen molar-refractivity contribution in [2.24, 2.45) is 5.92 Å². The predicted molar refractivity (Wildman–Crippen MR) is 97.5 cm³/mol. The van der Waals surface area contributed by atoms with E-state index in [1.54, 1.807) is 0 Å². The summed E-state index contributed by atoms with van der Waals surface area (Å²) in [6, 6.07) is 10.3. The maximum atomic E-state index is 12.9. The van der Waals surface area contributed by atoms with Crippen LogP contribution < -0.4 is 5.32 Å². The summed E-state index contributed by atoms with van der Waals surface area (Å²) in [5.41, 5.74) is 0.922. The first kappa shape index (κ1) is 18.2. The minimum absolute atomic E-state index is 0.00995. The fraction of sp³-hybridized carbons (Fsp3) is 0.650. The number of carbonyl (C=O) groups excluding carboxylic acids is 1. The Morgan fingerprint density at radius 3 is 2.84 bits per heavy atom. The molecular formula is C20H30N2O3. The summed E-state index contributed by atoms with van der Waals surface area (Å²) in [7, 11) is 0. The van der Waals surface area contributed by atoms with Crippen molar-refractivity contribution in [3.8, 4) is 0 Å². The van der Waals surface area contributed by atoms with E-state index in [0.29, 0.717) is 25.6 Å². The van der Waals surface area contributed by atoms with Crippen LogP contribution in [0.1, 0.15) is 44.7 Å². The molecule has 138 valence electrons. The van der Waals surface area contributed by atoms with Gasteiger partial charge in [0.05, 0.1) is 24.8 Å². The number of hydrogen-bond donors (Lipinski definition) is 1. The first-order valence-corrected chi connectivity index (χ1v) is 9.42. The Balaban J connectivity index is 1.67. The second kappa shape index (κ2) is 8.19. The van der Waals surface area contributed by atoms with Gasteiger partial charge in [0.15, 0.2) is 0 Å². The molecule has 0 saturated carbocycles. The molecule has 3 atom stereocenters. The van der Waals surface area contributed by atoms with E-state index in [1.807, 2.05) is 23.1 Å². The predicted octanol–water partition coefficient (Wildman–Crippen LogP) is 3.36. The molecule has 2 heterocycles. The van der Waals surface area contributed by atoms with Crippen LogP contribution in [-0.2, 0) is 9.47 Å². The van der Waals surface area contributed by atoms with E-state index in [-0.39, 0.29) is 17.7 Å². The third kappa shape index (κ3) is 4.73. The van der Waals surface area contributed by atoms with Crippen LogP contribution in [0.5, 0.6) is 0 Å². The molecule has 0 spiro atoms. The quantitative estimate of drug-likeness (QED) is 0.889.